The van der Waals surface area contributed by atoms with E-state index >= 15 is 0 Å². The molecule has 2 N–H and O–H groups in total. The third-order valence-corrected chi connectivity index (χ3v) is 2.55. The van der Waals surface area contributed by atoms with Gasteiger partial charge in [-0.1, -0.05) is 19.1 Å². The van der Waals surface area contributed by atoms with E-state index in [0.29, 0.717) is 17.9 Å². The SMILES string of the molecule is CCCOc1cncc(-c2cccc(F)c2N)c1. The van der Waals surface area contributed by atoms with Crippen LogP contribution in [0.25, 0.3) is 11.1 Å². The number of rotatable bonds is 4. The molecule has 2 aromatic rings. The highest BCUT2D eigenvalue weighted by Crippen LogP contribution is 2.29. The zero-order chi connectivity index (χ0) is 13.0. The van der Waals surface area contributed by atoms with Crippen molar-refractivity contribution >= 4 is 5.69 Å². The minimum Gasteiger partial charge on any atom is -0.492 e. The number of ether oxygens (including phenoxy) is 1. The van der Waals surface area contributed by atoms with Crippen LogP contribution in [0.4, 0.5) is 10.1 Å². The van der Waals surface area contributed by atoms with Crippen molar-refractivity contribution in [3.63, 3.8) is 0 Å². The van der Waals surface area contributed by atoms with Crippen LogP contribution in [0.15, 0.2) is 36.7 Å². The maximum atomic E-state index is 13.4. The molecule has 0 fully saturated rings. The number of nitrogens with zero attached hydrogens (tertiary/aromatic N) is 1. The van der Waals surface area contributed by atoms with Gasteiger partial charge in [-0.25, -0.2) is 4.39 Å². The molecule has 3 nitrogen and oxygen atoms in total. The summed E-state index contributed by atoms with van der Waals surface area (Å²) in [5.41, 5.74) is 7.23. The highest BCUT2D eigenvalue weighted by Gasteiger charge is 2.08. The first-order valence-electron chi connectivity index (χ1n) is 5.84. The third kappa shape index (κ3) is 2.59. The van der Waals surface area contributed by atoms with E-state index in [1.54, 1.807) is 24.5 Å². The Hall–Kier alpha value is -2.10. The monoisotopic (exact) mass is 246 g/mol. The van der Waals surface area contributed by atoms with Gasteiger partial charge in [0.2, 0.25) is 0 Å². The maximum absolute atomic E-state index is 13.4. The Labute approximate surface area is 105 Å². The molecule has 0 bridgehead atoms. The van der Waals surface area contributed by atoms with Crippen molar-refractivity contribution in [3.05, 3.63) is 42.5 Å². The van der Waals surface area contributed by atoms with Crippen LogP contribution in [0.5, 0.6) is 5.75 Å². The molecule has 18 heavy (non-hydrogen) atoms. The summed E-state index contributed by atoms with van der Waals surface area (Å²) in [6.45, 7) is 2.66. The van der Waals surface area contributed by atoms with Gasteiger partial charge < -0.3 is 10.5 Å². The Morgan fingerprint density at radius 3 is 2.94 bits per heavy atom. The van der Waals surface area contributed by atoms with Crippen molar-refractivity contribution in [3.8, 4) is 16.9 Å². The first-order valence-corrected chi connectivity index (χ1v) is 5.84. The summed E-state index contributed by atoms with van der Waals surface area (Å²) in [6, 6.07) is 6.54. The summed E-state index contributed by atoms with van der Waals surface area (Å²) in [5.74, 6) is 0.241. The molecule has 0 aliphatic heterocycles. The van der Waals surface area contributed by atoms with Crippen molar-refractivity contribution < 1.29 is 9.13 Å². The average Bonchev–Trinajstić information content (AvgIpc) is 2.40. The quantitative estimate of drug-likeness (QED) is 0.842. The number of nitrogen functional groups attached to an aromatic ring is 1. The van der Waals surface area contributed by atoms with Crippen LogP contribution < -0.4 is 10.5 Å². The molecule has 4 heteroatoms. The summed E-state index contributed by atoms with van der Waals surface area (Å²) in [5, 5.41) is 0. The van der Waals surface area contributed by atoms with E-state index in [4.69, 9.17) is 10.5 Å². The Balaban J connectivity index is 2.35. The smallest absolute Gasteiger partial charge is 0.146 e. The minimum absolute atomic E-state index is 0.131. The maximum Gasteiger partial charge on any atom is 0.146 e. The number of hydrogen-bond donors (Lipinski definition) is 1. The second-order valence-electron chi connectivity index (χ2n) is 3.96. The van der Waals surface area contributed by atoms with Crippen molar-refractivity contribution in [1.29, 1.82) is 0 Å². The molecule has 0 aliphatic carbocycles. The summed E-state index contributed by atoms with van der Waals surface area (Å²) < 4.78 is 18.9. The summed E-state index contributed by atoms with van der Waals surface area (Å²) in [7, 11) is 0. The van der Waals surface area contributed by atoms with Gasteiger partial charge in [-0.3, -0.25) is 4.98 Å². The molecule has 0 saturated carbocycles. The summed E-state index contributed by atoms with van der Waals surface area (Å²) in [4.78, 5) is 4.08. The van der Waals surface area contributed by atoms with E-state index in [-0.39, 0.29) is 5.69 Å². The fraction of sp³-hybridized carbons (Fsp3) is 0.214. The summed E-state index contributed by atoms with van der Waals surface area (Å²) >= 11 is 0. The summed E-state index contributed by atoms with van der Waals surface area (Å²) in [6.07, 6.45) is 4.20. The molecule has 0 unspecified atom stereocenters. The van der Waals surface area contributed by atoms with Gasteiger partial charge in [0.05, 0.1) is 18.5 Å². The van der Waals surface area contributed by atoms with E-state index in [2.05, 4.69) is 4.98 Å². The number of hydrogen-bond acceptors (Lipinski definition) is 3. The van der Waals surface area contributed by atoms with Gasteiger partial charge in [-0.05, 0) is 18.6 Å². The van der Waals surface area contributed by atoms with Crippen LogP contribution in [0.2, 0.25) is 0 Å². The molecular formula is C14H15FN2O. The molecule has 94 valence electrons. The van der Waals surface area contributed by atoms with E-state index < -0.39 is 5.82 Å². The van der Waals surface area contributed by atoms with Gasteiger partial charge in [0, 0.05) is 17.3 Å². The largest absolute Gasteiger partial charge is 0.492 e. The number of halogens is 1. The van der Waals surface area contributed by atoms with E-state index in [1.165, 1.54) is 6.07 Å². The van der Waals surface area contributed by atoms with Gasteiger partial charge in [-0.15, -0.1) is 0 Å². The first kappa shape index (κ1) is 12.4. The van der Waals surface area contributed by atoms with Crippen molar-refractivity contribution in [2.75, 3.05) is 12.3 Å². The average molecular weight is 246 g/mol. The Morgan fingerprint density at radius 2 is 2.17 bits per heavy atom. The standard InChI is InChI=1S/C14H15FN2O/c1-2-6-18-11-7-10(8-17-9-11)12-4-3-5-13(15)14(12)16/h3-5,7-9H,2,6,16H2,1H3. The van der Waals surface area contributed by atoms with Gasteiger partial charge >= 0.3 is 0 Å². The number of nitrogens with two attached hydrogens (primary N) is 1. The second-order valence-corrected chi connectivity index (χ2v) is 3.96. The number of anilines is 1. The van der Waals surface area contributed by atoms with Crippen LogP contribution in [-0.4, -0.2) is 11.6 Å². The molecule has 0 spiro atoms. The Kier molecular flexibility index (Phi) is 3.77. The normalized spacial score (nSPS) is 10.3. The topological polar surface area (TPSA) is 48.1 Å². The molecule has 1 heterocycles. The number of aromatic nitrogens is 1. The second kappa shape index (κ2) is 5.49. The van der Waals surface area contributed by atoms with Crippen molar-refractivity contribution in [2.45, 2.75) is 13.3 Å². The fourth-order valence-corrected chi connectivity index (χ4v) is 1.65. The van der Waals surface area contributed by atoms with E-state index in [1.807, 2.05) is 13.0 Å². The van der Waals surface area contributed by atoms with Crippen LogP contribution in [-0.2, 0) is 0 Å². The minimum atomic E-state index is -0.424. The van der Waals surface area contributed by atoms with Crippen molar-refractivity contribution in [2.24, 2.45) is 0 Å². The highest BCUT2D eigenvalue weighted by atomic mass is 19.1. The first-order chi connectivity index (χ1) is 8.72. The van der Waals surface area contributed by atoms with Crippen LogP contribution >= 0.6 is 0 Å². The number of para-hydroxylation sites is 1. The lowest BCUT2D eigenvalue weighted by atomic mass is 10.1. The fourth-order valence-electron chi connectivity index (χ4n) is 1.65. The highest BCUT2D eigenvalue weighted by molar-refractivity contribution is 5.76. The van der Waals surface area contributed by atoms with Gasteiger partial charge in [0.1, 0.15) is 11.6 Å². The van der Waals surface area contributed by atoms with Gasteiger partial charge in [0.15, 0.2) is 0 Å². The van der Waals surface area contributed by atoms with Gasteiger partial charge in [0.25, 0.3) is 0 Å². The predicted molar refractivity (Wildman–Crippen MR) is 69.8 cm³/mol. The van der Waals surface area contributed by atoms with Crippen LogP contribution in [0, 0.1) is 5.82 Å². The van der Waals surface area contributed by atoms with E-state index in [9.17, 15) is 4.39 Å². The molecule has 2 rings (SSSR count). The molecule has 0 radical (unpaired) electrons. The van der Waals surface area contributed by atoms with E-state index in [0.717, 1.165) is 12.0 Å². The zero-order valence-electron chi connectivity index (χ0n) is 10.2. The lowest BCUT2D eigenvalue weighted by molar-refractivity contribution is 0.316. The molecule has 0 atom stereocenters. The van der Waals surface area contributed by atoms with Crippen LogP contribution in [0.3, 0.4) is 0 Å². The molecule has 1 aromatic heterocycles. The number of benzene rings is 1. The lowest BCUT2D eigenvalue weighted by Crippen LogP contribution is -1.97. The molecule has 0 amide bonds. The Bertz CT molecular complexity index is 543. The van der Waals surface area contributed by atoms with Crippen molar-refractivity contribution in [1.82, 2.24) is 4.98 Å². The lowest BCUT2D eigenvalue weighted by Gasteiger charge is -2.09. The Morgan fingerprint density at radius 1 is 1.33 bits per heavy atom. The zero-order valence-corrected chi connectivity index (χ0v) is 10.2. The number of pyridine rings is 1. The molecule has 1 aromatic carbocycles. The third-order valence-electron chi connectivity index (χ3n) is 2.55. The molecule has 0 aliphatic rings. The van der Waals surface area contributed by atoms with Gasteiger partial charge in [-0.2, -0.15) is 0 Å². The molecule has 0 saturated heterocycles. The molecular weight excluding hydrogens is 231 g/mol. The van der Waals surface area contributed by atoms with Crippen LogP contribution in [0.1, 0.15) is 13.3 Å². The predicted octanol–water partition coefficient (Wildman–Crippen LogP) is 3.26.